The van der Waals surface area contributed by atoms with E-state index < -0.39 is 11.7 Å². The van der Waals surface area contributed by atoms with Crippen LogP contribution in [0.15, 0.2) is 48.8 Å². The highest BCUT2D eigenvalue weighted by atomic mass is 19.1. The van der Waals surface area contributed by atoms with Crippen molar-refractivity contribution >= 4 is 11.6 Å². The van der Waals surface area contributed by atoms with E-state index in [1.54, 1.807) is 24.3 Å². The Labute approximate surface area is 130 Å². The summed E-state index contributed by atoms with van der Waals surface area (Å²) in [6.45, 7) is 0. The second-order valence-electron chi connectivity index (χ2n) is 4.60. The summed E-state index contributed by atoms with van der Waals surface area (Å²) in [5, 5.41) is 13.6. The van der Waals surface area contributed by atoms with Gasteiger partial charge in [0, 0.05) is 5.69 Å². The van der Waals surface area contributed by atoms with Gasteiger partial charge in [0.05, 0.1) is 18.4 Å². The summed E-state index contributed by atoms with van der Waals surface area (Å²) in [5.74, 6) is -0.700. The molecule has 0 radical (unpaired) electrons. The lowest BCUT2D eigenvalue weighted by atomic mass is 10.1. The van der Waals surface area contributed by atoms with Gasteiger partial charge in [0.15, 0.2) is 0 Å². The lowest BCUT2D eigenvalue weighted by molar-refractivity contribution is 0.102. The number of ether oxygens (including phenoxy) is 1. The minimum Gasteiger partial charge on any atom is -0.496 e. The second-order valence-corrected chi connectivity index (χ2v) is 4.60. The number of hydrogen-bond donors (Lipinski definition) is 1. The van der Waals surface area contributed by atoms with Crippen LogP contribution in [0, 0.1) is 5.82 Å². The average molecular weight is 313 g/mol. The van der Waals surface area contributed by atoms with Crippen molar-refractivity contribution < 1.29 is 13.9 Å². The number of aromatic nitrogens is 4. The molecule has 116 valence electrons. The summed E-state index contributed by atoms with van der Waals surface area (Å²) < 4.78 is 19.9. The number of hydrogen-bond acceptors (Lipinski definition) is 5. The number of nitrogens with zero attached hydrogens (tertiary/aromatic N) is 4. The first kappa shape index (κ1) is 14.6. The van der Waals surface area contributed by atoms with Crippen LogP contribution in [0.5, 0.6) is 5.75 Å². The minimum atomic E-state index is -0.515. The molecule has 0 aliphatic heterocycles. The van der Waals surface area contributed by atoms with Gasteiger partial charge >= 0.3 is 0 Å². The standard InChI is InChI=1S/C15H12FN5O2/c1-23-14-6-5-10(16)7-13(14)15(22)18-11-3-2-4-12(8-11)21-9-17-19-20-21/h2-9H,1H3,(H,18,22). The molecule has 0 unspecified atom stereocenters. The van der Waals surface area contributed by atoms with E-state index in [4.69, 9.17) is 4.74 Å². The number of benzene rings is 2. The normalized spacial score (nSPS) is 10.3. The number of amides is 1. The van der Waals surface area contributed by atoms with Gasteiger partial charge in [-0.05, 0) is 46.8 Å². The third-order valence-corrected chi connectivity index (χ3v) is 3.12. The van der Waals surface area contributed by atoms with Crippen molar-refractivity contribution in [1.29, 1.82) is 0 Å². The lowest BCUT2D eigenvalue weighted by Crippen LogP contribution is -2.13. The molecule has 1 N–H and O–H groups in total. The average Bonchev–Trinajstić information content (AvgIpc) is 3.09. The highest BCUT2D eigenvalue weighted by Gasteiger charge is 2.14. The topological polar surface area (TPSA) is 81.9 Å². The molecule has 3 aromatic rings. The summed E-state index contributed by atoms with van der Waals surface area (Å²) in [6.07, 6.45) is 1.44. The molecule has 8 heteroatoms. The Morgan fingerprint density at radius 1 is 1.26 bits per heavy atom. The molecule has 0 saturated carbocycles. The molecule has 0 spiro atoms. The molecule has 0 bridgehead atoms. The summed E-state index contributed by atoms with van der Waals surface area (Å²) in [5.41, 5.74) is 1.31. The summed E-state index contributed by atoms with van der Waals surface area (Å²) >= 11 is 0. The van der Waals surface area contributed by atoms with Crippen LogP contribution in [0.4, 0.5) is 10.1 Å². The quantitative estimate of drug-likeness (QED) is 0.797. The first-order valence-corrected chi connectivity index (χ1v) is 6.65. The molecule has 23 heavy (non-hydrogen) atoms. The van der Waals surface area contributed by atoms with Crippen molar-refractivity contribution in [3.05, 3.63) is 60.2 Å². The van der Waals surface area contributed by atoms with Crippen LogP contribution < -0.4 is 10.1 Å². The number of carbonyl (C=O) groups excluding carboxylic acids is 1. The Morgan fingerprint density at radius 2 is 2.13 bits per heavy atom. The van der Waals surface area contributed by atoms with E-state index in [1.165, 1.54) is 30.3 Å². The van der Waals surface area contributed by atoms with Gasteiger partial charge in [-0.25, -0.2) is 9.07 Å². The number of methoxy groups -OCH3 is 1. The number of halogens is 1. The van der Waals surface area contributed by atoms with Gasteiger partial charge in [-0.1, -0.05) is 6.07 Å². The Balaban J connectivity index is 1.86. The lowest BCUT2D eigenvalue weighted by Gasteiger charge is -2.10. The molecular formula is C15H12FN5O2. The first-order chi connectivity index (χ1) is 11.2. The van der Waals surface area contributed by atoms with Crippen molar-refractivity contribution in [3.63, 3.8) is 0 Å². The molecule has 0 fully saturated rings. The molecule has 2 aromatic carbocycles. The first-order valence-electron chi connectivity index (χ1n) is 6.65. The van der Waals surface area contributed by atoms with Crippen molar-refractivity contribution in [2.75, 3.05) is 12.4 Å². The fraction of sp³-hybridized carbons (Fsp3) is 0.0667. The Kier molecular flexibility index (Phi) is 3.96. The third-order valence-electron chi connectivity index (χ3n) is 3.12. The number of tetrazole rings is 1. The van der Waals surface area contributed by atoms with E-state index in [9.17, 15) is 9.18 Å². The van der Waals surface area contributed by atoms with Gasteiger partial charge in [0.25, 0.3) is 5.91 Å². The van der Waals surface area contributed by atoms with Gasteiger partial charge in [-0.15, -0.1) is 5.10 Å². The third kappa shape index (κ3) is 3.15. The maximum absolute atomic E-state index is 13.4. The van der Waals surface area contributed by atoms with Crippen molar-refractivity contribution in [3.8, 4) is 11.4 Å². The van der Waals surface area contributed by atoms with E-state index >= 15 is 0 Å². The monoisotopic (exact) mass is 313 g/mol. The van der Waals surface area contributed by atoms with E-state index in [-0.39, 0.29) is 5.56 Å². The second kappa shape index (κ2) is 6.22. The van der Waals surface area contributed by atoms with Crippen LogP contribution in [-0.4, -0.2) is 33.2 Å². The van der Waals surface area contributed by atoms with E-state index in [1.807, 2.05) is 0 Å². The minimum absolute atomic E-state index is 0.111. The smallest absolute Gasteiger partial charge is 0.259 e. The molecule has 0 saturated heterocycles. The zero-order valence-electron chi connectivity index (χ0n) is 12.1. The molecule has 0 aliphatic rings. The number of rotatable bonds is 4. The van der Waals surface area contributed by atoms with Crippen molar-refractivity contribution in [2.45, 2.75) is 0 Å². The molecular weight excluding hydrogens is 301 g/mol. The predicted octanol–water partition coefficient (Wildman–Crippen LogP) is 2.06. The van der Waals surface area contributed by atoms with E-state index in [0.717, 1.165) is 6.07 Å². The van der Waals surface area contributed by atoms with Crippen LogP contribution in [0.2, 0.25) is 0 Å². The zero-order valence-corrected chi connectivity index (χ0v) is 12.1. The Bertz CT molecular complexity index is 836. The summed E-state index contributed by atoms with van der Waals surface area (Å²) in [4.78, 5) is 12.3. The van der Waals surface area contributed by atoms with Crippen LogP contribution in [0.1, 0.15) is 10.4 Å². The Morgan fingerprint density at radius 3 is 2.87 bits per heavy atom. The number of nitrogens with one attached hydrogen (secondary N) is 1. The van der Waals surface area contributed by atoms with Gasteiger partial charge in [0.2, 0.25) is 0 Å². The number of carbonyl (C=O) groups is 1. The summed E-state index contributed by atoms with van der Waals surface area (Å²) in [7, 11) is 1.42. The van der Waals surface area contributed by atoms with Crippen LogP contribution in [-0.2, 0) is 0 Å². The maximum Gasteiger partial charge on any atom is 0.259 e. The van der Waals surface area contributed by atoms with E-state index in [0.29, 0.717) is 17.1 Å². The van der Waals surface area contributed by atoms with E-state index in [2.05, 4.69) is 20.8 Å². The van der Waals surface area contributed by atoms with Gasteiger partial charge in [-0.2, -0.15) is 0 Å². The highest BCUT2D eigenvalue weighted by molar-refractivity contribution is 6.06. The fourth-order valence-corrected chi connectivity index (χ4v) is 2.06. The fourth-order valence-electron chi connectivity index (χ4n) is 2.06. The van der Waals surface area contributed by atoms with Crippen LogP contribution >= 0.6 is 0 Å². The van der Waals surface area contributed by atoms with Gasteiger partial charge in [0.1, 0.15) is 17.9 Å². The van der Waals surface area contributed by atoms with Crippen molar-refractivity contribution in [2.24, 2.45) is 0 Å². The highest BCUT2D eigenvalue weighted by Crippen LogP contribution is 2.21. The molecule has 0 atom stereocenters. The molecule has 1 heterocycles. The molecule has 0 aliphatic carbocycles. The predicted molar refractivity (Wildman–Crippen MR) is 80.1 cm³/mol. The maximum atomic E-state index is 13.4. The summed E-state index contributed by atoms with van der Waals surface area (Å²) in [6, 6.07) is 10.7. The number of anilines is 1. The van der Waals surface area contributed by atoms with Gasteiger partial charge in [-0.3, -0.25) is 4.79 Å². The van der Waals surface area contributed by atoms with Gasteiger partial charge < -0.3 is 10.1 Å². The zero-order chi connectivity index (χ0) is 16.2. The van der Waals surface area contributed by atoms with Crippen LogP contribution in [0.25, 0.3) is 5.69 Å². The van der Waals surface area contributed by atoms with Crippen molar-refractivity contribution in [1.82, 2.24) is 20.2 Å². The molecule has 1 amide bonds. The largest absolute Gasteiger partial charge is 0.496 e. The van der Waals surface area contributed by atoms with Crippen LogP contribution in [0.3, 0.4) is 0 Å². The molecule has 1 aromatic heterocycles. The Hall–Kier alpha value is -3.29. The molecule has 3 rings (SSSR count). The molecule has 7 nitrogen and oxygen atoms in total. The SMILES string of the molecule is COc1ccc(F)cc1C(=O)Nc1cccc(-n2cnnn2)c1.